The number of amides is 1. The number of hydrogen-bond donors (Lipinski definition) is 2. The van der Waals surface area contributed by atoms with Gasteiger partial charge in [0.05, 0.1) is 22.6 Å². The summed E-state index contributed by atoms with van der Waals surface area (Å²) in [5.74, 6) is -1.47. The van der Waals surface area contributed by atoms with E-state index in [-0.39, 0.29) is 11.6 Å². The molecule has 1 unspecified atom stereocenters. The molecule has 2 aromatic carbocycles. The summed E-state index contributed by atoms with van der Waals surface area (Å²) >= 11 is 3.24. The first-order valence-electron chi connectivity index (χ1n) is 8.45. The molecule has 0 bridgehead atoms. The Bertz CT molecular complexity index is 998. The maximum absolute atomic E-state index is 14.1. The van der Waals surface area contributed by atoms with Crippen LogP contribution in [0.1, 0.15) is 40.3 Å². The second-order valence-corrected chi connectivity index (χ2v) is 7.39. The molecular weight excluding hydrogens is 411 g/mol. The third-order valence-electron chi connectivity index (χ3n) is 4.32. The molecule has 1 atom stereocenters. The minimum absolute atomic E-state index is 0.149. The number of nitrogens with zero attached hydrogens (tertiary/aromatic N) is 2. The maximum Gasteiger partial charge on any atom is 0.253 e. The molecule has 1 heterocycles. The lowest BCUT2D eigenvalue weighted by atomic mass is 10.1. The molecule has 0 saturated heterocycles. The van der Waals surface area contributed by atoms with Crippen molar-refractivity contribution in [2.24, 2.45) is 5.73 Å². The Balaban J connectivity index is 1.86. The Labute approximate surface area is 165 Å². The molecule has 0 saturated carbocycles. The Morgan fingerprint density at radius 3 is 2.44 bits per heavy atom. The number of anilines is 1. The highest BCUT2D eigenvalue weighted by Gasteiger charge is 2.17. The van der Waals surface area contributed by atoms with Crippen molar-refractivity contribution in [3.63, 3.8) is 0 Å². The van der Waals surface area contributed by atoms with E-state index in [1.54, 1.807) is 6.07 Å². The summed E-state index contributed by atoms with van der Waals surface area (Å²) < 4.78 is 16.5. The van der Waals surface area contributed by atoms with Gasteiger partial charge < -0.3 is 11.1 Å². The van der Waals surface area contributed by atoms with Crippen molar-refractivity contribution in [3.05, 3.63) is 75.3 Å². The number of primary amides is 1. The molecule has 3 rings (SSSR count). The minimum atomic E-state index is -0.811. The van der Waals surface area contributed by atoms with Gasteiger partial charge in [-0.05, 0) is 56.7 Å². The molecule has 0 radical (unpaired) electrons. The lowest BCUT2D eigenvalue weighted by molar-refractivity contribution is 0.0997. The first kappa shape index (κ1) is 19.1. The molecule has 0 aliphatic heterocycles. The van der Waals surface area contributed by atoms with Crippen LogP contribution in [0, 0.1) is 19.7 Å². The molecule has 27 heavy (non-hydrogen) atoms. The van der Waals surface area contributed by atoms with Gasteiger partial charge in [0.15, 0.2) is 0 Å². The number of rotatable bonds is 5. The summed E-state index contributed by atoms with van der Waals surface area (Å²) in [6.07, 6.45) is 0. The van der Waals surface area contributed by atoms with E-state index in [4.69, 9.17) is 5.73 Å². The van der Waals surface area contributed by atoms with Crippen molar-refractivity contribution in [1.82, 2.24) is 9.78 Å². The van der Waals surface area contributed by atoms with Gasteiger partial charge in [0.1, 0.15) is 5.82 Å². The molecule has 7 heteroatoms. The highest BCUT2D eigenvalue weighted by molar-refractivity contribution is 9.10. The molecule has 3 N–H and O–H groups in total. The molecule has 140 valence electrons. The van der Waals surface area contributed by atoms with Crippen LogP contribution in [0.4, 0.5) is 10.1 Å². The van der Waals surface area contributed by atoms with Crippen LogP contribution in [0.2, 0.25) is 0 Å². The number of carbonyl (C=O) groups excluding carboxylic acids is 1. The van der Waals surface area contributed by atoms with Crippen molar-refractivity contribution < 1.29 is 9.18 Å². The number of nitrogens with two attached hydrogens (primary N) is 1. The fraction of sp³-hybridized carbons (Fsp3) is 0.200. The lowest BCUT2D eigenvalue weighted by Gasteiger charge is -2.19. The Hall–Kier alpha value is -2.67. The third-order valence-corrected chi connectivity index (χ3v) is 4.78. The highest BCUT2D eigenvalue weighted by Crippen LogP contribution is 2.28. The van der Waals surface area contributed by atoms with E-state index in [0.29, 0.717) is 10.2 Å². The molecule has 0 aliphatic carbocycles. The summed E-state index contributed by atoms with van der Waals surface area (Å²) in [4.78, 5) is 11.6. The number of aryl methyl sites for hydroxylation is 2. The number of halogens is 2. The summed E-state index contributed by atoms with van der Waals surface area (Å²) in [6, 6.07) is 12.6. The van der Waals surface area contributed by atoms with Crippen LogP contribution in [-0.2, 0) is 0 Å². The third kappa shape index (κ3) is 4.03. The second kappa shape index (κ2) is 7.52. The Morgan fingerprint density at radius 1 is 1.22 bits per heavy atom. The lowest BCUT2D eigenvalue weighted by Crippen LogP contribution is -2.18. The van der Waals surface area contributed by atoms with Crippen molar-refractivity contribution in [2.75, 3.05) is 5.32 Å². The Kier molecular flexibility index (Phi) is 5.32. The zero-order chi connectivity index (χ0) is 19.7. The smallest absolute Gasteiger partial charge is 0.253 e. The van der Waals surface area contributed by atoms with Crippen LogP contribution < -0.4 is 11.1 Å². The van der Waals surface area contributed by atoms with E-state index in [1.165, 1.54) is 6.07 Å². The molecule has 0 fully saturated rings. The molecule has 1 amide bonds. The van der Waals surface area contributed by atoms with Gasteiger partial charge in [-0.3, -0.25) is 4.79 Å². The SMILES string of the molecule is Cc1cc(C)n(-c2ccc(C(C)Nc3cc(Br)cc(F)c3C(N)=O)cc2)n1. The van der Waals surface area contributed by atoms with Crippen LogP contribution in [0.3, 0.4) is 0 Å². The number of hydrogen-bond acceptors (Lipinski definition) is 3. The van der Waals surface area contributed by atoms with E-state index in [1.807, 2.05) is 55.8 Å². The van der Waals surface area contributed by atoms with Gasteiger partial charge in [-0.15, -0.1) is 0 Å². The molecule has 1 aromatic heterocycles. The van der Waals surface area contributed by atoms with Crippen LogP contribution in [0.25, 0.3) is 5.69 Å². The van der Waals surface area contributed by atoms with Gasteiger partial charge in [-0.2, -0.15) is 5.10 Å². The summed E-state index contributed by atoms with van der Waals surface area (Å²) in [7, 11) is 0. The normalized spacial score (nSPS) is 12.0. The van der Waals surface area contributed by atoms with E-state index in [2.05, 4.69) is 26.3 Å². The van der Waals surface area contributed by atoms with Gasteiger partial charge in [0, 0.05) is 16.2 Å². The van der Waals surface area contributed by atoms with Crippen molar-refractivity contribution in [3.8, 4) is 5.69 Å². The predicted molar refractivity (Wildman–Crippen MR) is 108 cm³/mol. The van der Waals surface area contributed by atoms with Crippen molar-refractivity contribution in [1.29, 1.82) is 0 Å². The van der Waals surface area contributed by atoms with E-state index >= 15 is 0 Å². The largest absolute Gasteiger partial charge is 0.378 e. The standard InChI is InChI=1S/C20H20BrFN4O/c1-11-8-12(2)26(25-11)16-6-4-14(5-7-16)13(3)24-18-10-15(21)9-17(22)19(18)20(23)27/h4-10,13,24H,1-3H3,(H2,23,27). The average Bonchev–Trinajstić information content (AvgIpc) is 2.92. The summed E-state index contributed by atoms with van der Waals surface area (Å²) in [5, 5.41) is 7.65. The topological polar surface area (TPSA) is 72.9 Å². The number of aromatic nitrogens is 2. The van der Waals surface area contributed by atoms with Crippen LogP contribution >= 0.6 is 15.9 Å². The van der Waals surface area contributed by atoms with Crippen LogP contribution in [0.15, 0.2) is 46.9 Å². The predicted octanol–water partition coefficient (Wildman–Crippen LogP) is 4.66. The number of benzene rings is 2. The zero-order valence-corrected chi connectivity index (χ0v) is 16.8. The second-order valence-electron chi connectivity index (χ2n) is 6.47. The van der Waals surface area contributed by atoms with Gasteiger partial charge >= 0.3 is 0 Å². The molecule has 3 aromatic rings. The van der Waals surface area contributed by atoms with Crippen LogP contribution in [0.5, 0.6) is 0 Å². The van der Waals surface area contributed by atoms with Gasteiger partial charge in [0.25, 0.3) is 5.91 Å². The quantitative estimate of drug-likeness (QED) is 0.617. The number of nitrogens with one attached hydrogen (secondary N) is 1. The fourth-order valence-corrected chi connectivity index (χ4v) is 3.48. The van der Waals surface area contributed by atoms with E-state index in [0.717, 1.165) is 22.6 Å². The van der Waals surface area contributed by atoms with Gasteiger partial charge in [-0.1, -0.05) is 28.1 Å². The highest BCUT2D eigenvalue weighted by atomic mass is 79.9. The zero-order valence-electron chi connectivity index (χ0n) is 15.3. The van der Waals surface area contributed by atoms with Gasteiger partial charge in [-0.25, -0.2) is 9.07 Å². The van der Waals surface area contributed by atoms with E-state index < -0.39 is 11.7 Å². The monoisotopic (exact) mass is 430 g/mol. The van der Waals surface area contributed by atoms with E-state index in [9.17, 15) is 9.18 Å². The first-order valence-corrected chi connectivity index (χ1v) is 9.24. The molecule has 0 spiro atoms. The van der Waals surface area contributed by atoms with Gasteiger partial charge in [0.2, 0.25) is 0 Å². The summed E-state index contributed by atoms with van der Waals surface area (Å²) in [5.41, 5.74) is 9.50. The molecule has 0 aliphatic rings. The molecular formula is C20H20BrFN4O. The average molecular weight is 431 g/mol. The molecule has 5 nitrogen and oxygen atoms in total. The number of carbonyl (C=O) groups is 1. The van der Waals surface area contributed by atoms with Crippen molar-refractivity contribution >= 4 is 27.5 Å². The first-order chi connectivity index (χ1) is 12.8. The van der Waals surface area contributed by atoms with Crippen molar-refractivity contribution in [2.45, 2.75) is 26.8 Å². The maximum atomic E-state index is 14.1. The Morgan fingerprint density at radius 2 is 1.89 bits per heavy atom. The van der Waals surface area contributed by atoms with Crippen LogP contribution in [-0.4, -0.2) is 15.7 Å². The fourth-order valence-electron chi connectivity index (χ4n) is 3.05. The minimum Gasteiger partial charge on any atom is -0.378 e. The summed E-state index contributed by atoms with van der Waals surface area (Å²) in [6.45, 7) is 5.89.